The van der Waals surface area contributed by atoms with E-state index in [0.717, 1.165) is 19.3 Å². The lowest BCUT2D eigenvalue weighted by Crippen LogP contribution is -2.40. The van der Waals surface area contributed by atoms with E-state index in [1.165, 1.54) is 6.08 Å². The summed E-state index contributed by atoms with van der Waals surface area (Å²) >= 11 is 0. The molecule has 0 amide bonds. The number of nitrogens with zero attached hydrogens (tertiary/aromatic N) is 1. The van der Waals surface area contributed by atoms with Crippen molar-refractivity contribution in [3.63, 3.8) is 0 Å². The van der Waals surface area contributed by atoms with Crippen molar-refractivity contribution < 1.29 is 14.3 Å². The zero-order valence-electron chi connectivity index (χ0n) is 8.41. The fourth-order valence-corrected chi connectivity index (χ4v) is 1.85. The molecule has 0 aliphatic heterocycles. The Bertz CT molecular complexity index is 250. The van der Waals surface area contributed by atoms with Gasteiger partial charge in [0.2, 0.25) is 6.08 Å². The topological polar surface area (TPSA) is 55.7 Å². The molecular weight excluding hydrogens is 182 g/mol. The quantitative estimate of drug-likeness (QED) is 0.392. The number of hydrogen-bond acceptors (Lipinski definition) is 4. The lowest BCUT2D eigenvalue weighted by molar-refractivity contribution is -0.150. The summed E-state index contributed by atoms with van der Waals surface area (Å²) in [6, 6.07) is 0. The van der Waals surface area contributed by atoms with E-state index in [1.807, 2.05) is 0 Å². The number of hydrogen-bond donors (Lipinski definition) is 0. The molecule has 1 rings (SSSR count). The summed E-state index contributed by atoms with van der Waals surface area (Å²) in [5, 5.41) is 0. The van der Waals surface area contributed by atoms with Gasteiger partial charge in [-0.05, 0) is 19.8 Å². The van der Waals surface area contributed by atoms with Gasteiger partial charge in [0.15, 0.2) is 5.54 Å². The minimum absolute atomic E-state index is 0.328. The zero-order chi connectivity index (χ0) is 10.4. The van der Waals surface area contributed by atoms with Crippen molar-refractivity contribution in [2.75, 3.05) is 6.61 Å². The summed E-state index contributed by atoms with van der Waals surface area (Å²) in [7, 11) is 0. The lowest BCUT2D eigenvalue weighted by Gasteiger charge is -2.29. The number of ether oxygens (including phenoxy) is 1. The van der Waals surface area contributed by atoms with Crippen LogP contribution in [0.1, 0.15) is 39.0 Å². The number of isocyanates is 1. The maximum atomic E-state index is 11.6. The number of aliphatic imine (C=N–C) groups is 1. The van der Waals surface area contributed by atoms with Crippen LogP contribution in [0.4, 0.5) is 0 Å². The highest BCUT2D eigenvalue weighted by Gasteiger charge is 2.40. The average molecular weight is 197 g/mol. The summed E-state index contributed by atoms with van der Waals surface area (Å²) in [6.07, 6.45) is 5.65. The molecule has 1 aliphatic rings. The van der Waals surface area contributed by atoms with Crippen LogP contribution in [0.3, 0.4) is 0 Å². The predicted molar refractivity (Wildman–Crippen MR) is 50.6 cm³/mol. The van der Waals surface area contributed by atoms with Crippen molar-refractivity contribution in [1.29, 1.82) is 0 Å². The molecule has 4 heteroatoms. The Labute approximate surface area is 83.3 Å². The Hall–Kier alpha value is -1.15. The summed E-state index contributed by atoms with van der Waals surface area (Å²) < 4.78 is 4.93. The third-order valence-corrected chi connectivity index (χ3v) is 2.60. The van der Waals surface area contributed by atoms with Gasteiger partial charge in [-0.3, -0.25) is 0 Å². The Kier molecular flexibility index (Phi) is 3.84. The van der Waals surface area contributed by atoms with E-state index in [2.05, 4.69) is 4.99 Å². The van der Waals surface area contributed by atoms with Crippen molar-refractivity contribution in [2.24, 2.45) is 4.99 Å². The van der Waals surface area contributed by atoms with Crippen molar-refractivity contribution in [3.8, 4) is 0 Å². The average Bonchev–Trinajstić information content (AvgIpc) is 2.20. The van der Waals surface area contributed by atoms with E-state index < -0.39 is 5.54 Å². The molecule has 1 saturated carbocycles. The molecule has 0 N–H and O–H groups in total. The van der Waals surface area contributed by atoms with Gasteiger partial charge >= 0.3 is 5.97 Å². The van der Waals surface area contributed by atoms with Gasteiger partial charge in [-0.25, -0.2) is 9.59 Å². The molecule has 78 valence electrons. The van der Waals surface area contributed by atoms with Crippen LogP contribution in [0.5, 0.6) is 0 Å². The van der Waals surface area contributed by atoms with Crippen LogP contribution in [-0.4, -0.2) is 24.2 Å². The van der Waals surface area contributed by atoms with Crippen molar-refractivity contribution in [3.05, 3.63) is 0 Å². The molecule has 0 aromatic carbocycles. The molecule has 0 saturated heterocycles. The molecule has 4 nitrogen and oxygen atoms in total. The van der Waals surface area contributed by atoms with E-state index in [0.29, 0.717) is 19.4 Å². The van der Waals surface area contributed by atoms with Gasteiger partial charge in [0.25, 0.3) is 0 Å². The fourth-order valence-electron chi connectivity index (χ4n) is 1.85. The van der Waals surface area contributed by atoms with Crippen LogP contribution in [0.25, 0.3) is 0 Å². The first-order valence-corrected chi connectivity index (χ1v) is 5.01. The van der Waals surface area contributed by atoms with Crippen molar-refractivity contribution >= 4 is 12.0 Å². The molecule has 0 atom stereocenters. The SMILES string of the molecule is CCOC(=O)C1(N=C=O)CCCCC1. The number of carbonyl (C=O) groups is 1. The van der Waals surface area contributed by atoms with Crippen LogP contribution < -0.4 is 0 Å². The zero-order valence-corrected chi connectivity index (χ0v) is 8.41. The molecule has 0 radical (unpaired) electrons. The van der Waals surface area contributed by atoms with E-state index >= 15 is 0 Å². The van der Waals surface area contributed by atoms with Crippen LogP contribution in [0.15, 0.2) is 4.99 Å². The first kappa shape index (κ1) is 10.9. The fraction of sp³-hybridized carbons (Fsp3) is 0.800. The third-order valence-electron chi connectivity index (χ3n) is 2.60. The number of carbonyl (C=O) groups excluding carboxylic acids is 2. The minimum Gasteiger partial charge on any atom is -0.464 e. The smallest absolute Gasteiger partial charge is 0.334 e. The largest absolute Gasteiger partial charge is 0.464 e. The third kappa shape index (κ3) is 2.20. The first-order valence-electron chi connectivity index (χ1n) is 5.01. The molecule has 0 spiro atoms. The van der Waals surface area contributed by atoms with Gasteiger partial charge in [0.05, 0.1) is 6.61 Å². The predicted octanol–water partition coefficient (Wildman–Crippen LogP) is 1.59. The Balaban J connectivity index is 2.79. The summed E-state index contributed by atoms with van der Waals surface area (Å²) in [5.41, 5.74) is -0.921. The first-order chi connectivity index (χ1) is 6.75. The summed E-state index contributed by atoms with van der Waals surface area (Å²) in [6.45, 7) is 2.08. The van der Waals surface area contributed by atoms with Crippen LogP contribution in [0.2, 0.25) is 0 Å². The van der Waals surface area contributed by atoms with E-state index in [9.17, 15) is 9.59 Å². The molecule has 1 aliphatic carbocycles. The second-order valence-electron chi connectivity index (χ2n) is 3.52. The van der Waals surface area contributed by atoms with E-state index in [1.54, 1.807) is 6.92 Å². The summed E-state index contributed by atoms with van der Waals surface area (Å²) in [5.74, 6) is -0.372. The molecular formula is C10H15NO3. The summed E-state index contributed by atoms with van der Waals surface area (Å²) in [4.78, 5) is 25.6. The normalized spacial score (nSPS) is 19.5. The van der Waals surface area contributed by atoms with Gasteiger partial charge in [-0.15, -0.1) is 0 Å². The maximum Gasteiger partial charge on any atom is 0.334 e. The highest BCUT2D eigenvalue weighted by Crippen LogP contribution is 2.32. The highest BCUT2D eigenvalue weighted by atomic mass is 16.5. The van der Waals surface area contributed by atoms with E-state index in [4.69, 9.17) is 4.74 Å². The van der Waals surface area contributed by atoms with Gasteiger partial charge in [-0.1, -0.05) is 19.3 Å². The van der Waals surface area contributed by atoms with Crippen LogP contribution >= 0.6 is 0 Å². The maximum absolute atomic E-state index is 11.6. The van der Waals surface area contributed by atoms with Crippen LogP contribution in [-0.2, 0) is 14.3 Å². The molecule has 0 unspecified atom stereocenters. The highest BCUT2D eigenvalue weighted by molar-refractivity contribution is 5.82. The molecule has 0 aromatic heterocycles. The van der Waals surface area contributed by atoms with Crippen molar-refractivity contribution in [1.82, 2.24) is 0 Å². The van der Waals surface area contributed by atoms with Gasteiger partial charge in [0, 0.05) is 0 Å². The molecule has 14 heavy (non-hydrogen) atoms. The van der Waals surface area contributed by atoms with Gasteiger partial charge in [0.1, 0.15) is 0 Å². The number of rotatable bonds is 3. The minimum atomic E-state index is -0.921. The monoisotopic (exact) mass is 197 g/mol. The Morgan fingerprint density at radius 1 is 1.43 bits per heavy atom. The molecule has 0 bridgehead atoms. The van der Waals surface area contributed by atoms with E-state index in [-0.39, 0.29) is 5.97 Å². The standard InChI is InChI=1S/C10H15NO3/c1-2-14-9(13)10(11-8-12)6-4-3-5-7-10/h2-7H2,1H3. The molecule has 0 heterocycles. The van der Waals surface area contributed by atoms with Crippen LogP contribution in [0, 0.1) is 0 Å². The second kappa shape index (κ2) is 4.91. The molecule has 1 fully saturated rings. The Morgan fingerprint density at radius 2 is 2.07 bits per heavy atom. The van der Waals surface area contributed by atoms with Gasteiger partial charge in [-0.2, -0.15) is 4.99 Å². The molecule has 0 aromatic rings. The second-order valence-corrected chi connectivity index (χ2v) is 3.52. The lowest BCUT2D eigenvalue weighted by atomic mass is 9.82. The Morgan fingerprint density at radius 3 is 2.57 bits per heavy atom. The van der Waals surface area contributed by atoms with Crippen molar-refractivity contribution in [2.45, 2.75) is 44.6 Å². The van der Waals surface area contributed by atoms with Gasteiger partial charge < -0.3 is 4.74 Å². The number of esters is 1.